The molecule has 2 N–H and O–H groups in total. The molecule has 0 radical (unpaired) electrons. The quantitative estimate of drug-likeness (QED) is 0.643. The molecule has 26 heavy (non-hydrogen) atoms. The summed E-state index contributed by atoms with van der Waals surface area (Å²) in [5, 5.41) is 10.5. The van der Waals surface area contributed by atoms with Crippen molar-refractivity contribution < 1.29 is 4.79 Å². The van der Waals surface area contributed by atoms with Gasteiger partial charge in [-0.3, -0.25) is 14.5 Å². The standard InChI is InChI=1S/C20H23N5O/c1-3-25-14-18(13-24-25)16-5-4-6-17(11-16)20(26)23-10-9-22-19-7-8-21-12-15(19)2/h4-8,11-14H,3,9-10H2,1-2H3,(H,21,22)(H,23,26). The molecule has 0 atom stereocenters. The molecular formula is C20H23N5O. The van der Waals surface area contributed by atoms with Crippen LogP contribution in [0.3, 0.4) is 0 Å². The van der Waals surface area contributed by atoms with Crippen LogP contribution < -0.4 is 10.6 Å². The van der Waals surface area contributed by atoms with Crippen molar-refractivity contribution in [2.45, 2.75) is 20.4 Å². The molecule has 2 aromatic heterocycles. The molecule has 3 rings (SSSR count). The lowest BCUT2D eigenvalue weighted by Gasteiger charge is -2.10. The van der Waals surface area contributed by atoms with E-state index < -0.39 is 0 Å². The Morgan fingerprint density at radius 2 is 2.04 bits per heavy atom. The second-order valence-corrected chi connectivity index (χ2v) is 6.04. The number of carbonyl (C=O) groups is 1. The molecule has 1 amide bonds. The molecule has 134 valence electrons. The van der Waals surface area contributed by atoms with E-state index in [2.05, 4.69) is 20.7 Å². The second kappa shape index (κ2) is 8.29. The SMILES string of the molecule is CCn1cc(-c2cccc(C(=O)NCCNc3ccncc3C)c2)cn1. The molecular weight excluding hydrogens is 326 g/mol. The van der Waals surface area contributed by atoms with Crippen LogP contribution in [-0.4, -0.2) is 33.8 Å². The van der Waals surface area contributed by atoms with E-state index in [0.717, 1.165) is 28.9 Å². The van der Waals surface area contributed by atoms with E-state index in [0.29, 0.717) is 18.7 Å². The Kier molecular flexibility index (Phi) is 5.63. The van der Waals surface area contributed by atoms with Crippen molar-refractivity contribution >= 4 is 11.6 Å². The van der Waals surface area contributed by atoms with Crippen LogP contribution in [0.25, 0.3) is 11.1 Å². The molecule has 6 heteroatoms. The van der Waals surface area contributed by atoms with Gasteiger partial charge in [0, 0.05) is 55.0 Å². The van der Waals surface area contributed by atoms with Crippen LogP contribution in [0.4, 0.5) is 5.69 Å². The first kappa shape index (κ1) is 17.7. The van der Waals surface area contributed by atoms with E-state index in [1.807, 2.05) is 67.5 Å². The van der Waals surface area contributed by atoms with Gasteiger partial charge in [-0.2, -0.15) is 5.10 Å². The van der Waals surface area contributed by atoms with Gasteiger partial charge in [0.1, 0.15) is 0 Å². The van der Waals surface area contributed by atoms with Gasteiger partial charge in [0.05, 0.1) is 6.20 Å². The van der Waals surface area contributed by atoms with Gasteiger partial charge in [-0.05, 0) is 43.2 Å². The highest BCUT2D eigenvalue weighted by Gasteiger charge is 2.08. The highest BCUT2D eigenvalue weighted by Crippen LogP contribution is 2.19. The fourth-order valence-corrected chi connectivity index (χ4v) is 2.67. The molecule has 0 aliphatic rings. The zero-order valence-electron chi connectivity index (χ0n) is 15.1. The minimum atomic E-state index is -0.0806. The van der Waals surface area contributed by atoms with Gasteiger partial charge < -0.3 is 10.6 Å². The largest absolute Gasteiger partial charge is 0.383 e. The summed E-state index contributed by atoms with van der Waals surface area (Å²) in [6, 6.07) is 9.53. The molecule has 0 aliphatic carbocycles. The monoisotopic (exact) mass is 349 g/mol. The maximum Gasteiger partial charge on any atom is 0.251 e. The maximum atomic E-state index is 12.4. The molecule has 2 heterocycles. The molecule has 3 aromatic rings. The van der Waals surface area contributed by atoms with E-state index in [9.17, 15) is 4.79 Å². The minimum Gasteiger partial charge on any atom is -0.383 e. The van der Waals surface area contributed by atoms with E-state index >= 15 is 0 Å². The van der Waals surface area contributed by atoms with Gasteiger partial charge in [0.2, 0.25) is 0 Å². The highest BCUT2D eigenvalue weighted by atomic mass is 16.1. The van der Waals surface area contributed by atoms with Crippen LogP contribution in [0.5, 0.6) is 0 Å². The topological polar surface area (TPSA) is 71.8 Å². The number of pyridine rings is 1. The molecule has 0 saturated carbocycles. The van der Waals surface area contributed by atoms with Crippen LogP contribution in [0.1, 0.15) is 22.8 Å². The smallest absolute Gasteiger partial charge is 0.251 e. The number of benzene rings is 1. The van der Waals surface area contributed by atoms with Crippen LogP contribution in [0, 0.1) is 6.92 Å². The molecule has 0 saturated heterocycles. The third kappa shape index (κ3) is 4.27. The van der Waals surface area contributed by atoms with Crippen molar-refractivity contribution in [3.8, 4) is 11.1 Å². The Morgan fingerprint density at radius 3 is 2.81 bits per heavy atom. The molecule has 1 aromatic carbocycles. The number of hydrogen-bond acceptors (Lipinski definition) is 4. The van der Waals surface area contributed by atoms with E-state index in [-0.39, 0.29) is 5.91 Å². The van der Waals surface area contributed by atoms with Crippen molar-refractivity contribution in [2.24, 2.45) is 0 Å². The number of aromatic nitrogens is 3. The van der Waals surface area contributed by atoms with Crippen LogP contribution in [0.15, 0.2) is 55.1 Å². The molecule has 0 unspecified atom stereocenters. The average molecular weight is 349 g/mol. The van der Waals surface area contributed by atoms with Gasteiger partial charge in [-0.1, -0.05) is 12.1 Å². The predicted molar refractivity (Wildman–Crippen MR) is 103 cm³/mol. The summed E-state index contributed by atoms with van der Waals surface area (Å²) in [5.41, 5.74) is 4.76. The van der Waals surface area contributed by atoms with Crippen molar-refractivity contribution in [3.05, 3.63) is 66.2 Å². The highest BCUT2D eigenvalue weighted by molar-refractivity contribution is 5.95. The molecule has 6 nitrogen and oxygen atoms in total. The summed E-state index contributed by atoms with van der Waals surface area (Å²) < 4.78 is 1.87. The summed E-state index contributed by atoms with van der Waals surface area (Å²) in [5.74, 6) is -0.0806. The summed E-state index contributed by atoms with van der Waals surface area (Å²) >= 11 is 0. The Labute approximate surface area is 153 Å². The van der Waals surface area contributed by atoms with Crippen molar-refractivity contribution in [3.63, 3.8) is 0 Å². The minimum absolute atomic E-state index is 0.0806. The number of hydrogen-bond donors (Lipinski definition) is 2. The van der Waals surface area contributed by atoms with Crippen molar-refractivity contribution in [1.29, 1.82) is 0 Å². The summed E-state index contributed by atoms with van der Waals surface area (Å²) in [6.45, 7) is 6.06. The Bertz CT molecular complexity index is 887. The molecule has 0 aliphatic heterocycles. The number of nitrogens with zero attached hydrogens (tertiary/aromatic N) is 3. The summed E-state index contributed by atoms with van der Waals surface area (Å²) in [4.78, 5) is 16.5. The Hall–Kier alpha value is -3.15. The average Bonchev–Trinajstić information content (AvgIpc) is 3.16. The van der Waals surface area contributed by atoms with E-state index in [1.165, 1.54) is 0 Å². The van der Waals surface area contributed by atoms with Gasteiger partial charge >= 0.3 is 0 Å². The summed E-state index contributed by atoms with van der Waals surface area (Å²) in [7, 11) is 0. The van der Waals surface area contributed by atoms with Crippen LogP contribution >= 0.6 is 0 Å². The maximum absolute atomic E-state index is 12.4. The number of carbonyl (C=O) groups excluding carboxylic acids is 1. The third-order valence-electron chi connectivity index (χ3n) is 4.16. The lowest BCUT2D eigenvalue weighted by Crippen LogP contribution is -2.28. The van der Waals surface area contributed by atoms with Crippen molar-refractivity contribution in [1.82, 2.24) is 20.1 Å². The molecule has 0 bridgehead atoms. The van der Waals surface area contributed by atoms with Gasteiger partial charge in [0.25, 0.3) is 5.91 Å². The van der Waals surface area contributed by atoms with Crippen LogP contribution in [0.2, 0.25) is 0 Å². The lowest BCUT2D eigenvalue weighted by atomic mass is 10.1. The summed E-state index contributed by atoms with van der Waals surface area (Å²) in [6.07, 6.45) is 7.37. The fourth-order valence-electron chi connectivity index (χ4n) is 2.67. The lowest BCUT2D eigenvalue weighted by molar-refractivity contribution is 0.0955. The van der Waals surface area contributed by atoms with E-state index in [4.69, 9.17) is 0 Å². The van der Waals surface area contributed by atoms with Gasteiger partial charge in [-0.15, -0.1) is 0 Å². The van der Waals surface area contributed by atoms with Gasteiger partial charge in [0.15, 0.2) is 0 Å². The van der Waals surface area contributed by atoms with Gasteiger partial charge in [-0.25, -0.2) is 0 Å². The first-order valence-corrected chi connectivity index (χ1v) is 8.73. The third-order valence-corrected chi connectivity index (χ3v) is 4.16. The van der Waals surface area contributed by atoms with Crippen LogP contribution in [-0.2, 0) is 6.54 Å². The zero-order valence-corrected chi connectivity index (χ0v) is 15.1. The number of rotatable bonds is 7. The fraction of sp³-hybridized carbons (Fsp3) is 0.250. The Balaban J connectivity index is 1.56. The second-order valence-electron chi connectivity index (χ2n) is 6.04. The molecule has 0 fully saturated rings. The normalized spacial score (nSPS) is 10.5. The number of nitrogens with one attached hydrogen (secondary N) is 2. The van der Waals surface area contributed by atoms with E-state index in [1.54, 1.807) is 6.20 Å². The Morgan fingerprint density at radius 1 is 1.15 bits per heavy atom. The number of aryl methyl sites for hydroxylation is 2. The molecule has 0 spiro atoms. The zero-order chi connectivity index (χ0) is 18.4. The number of anilines is 1. The first-order chi connectivity index (χ1) is 12.7. The number of amides is 1. The predicted octanol–water partition coefficient (Wildman–Crippen LogP) is 3.12. The first-order valence-electron chi connectivity index (χ1n) is 8.73. The van der Waals surface area contributed by atoms with Crippen molar-refractivity contribution in [2.75, 3.05) is 18.4 Å².